The number of rotatable bonds is 4. The summed E-state index contributed by atoms with van der Waals surface area (Å²) in [6.45, 7) is 0. The summed E-state index contributed by atoms with van der Waals surface area (Å²) in [5, 5.41) is 0. The van der Waals surface area contributed by atoms with Crippen LogP contribution in [0.25, 0.3) is 0 Å². The van der Waals surface area contributed by atoms with E-state index in [1.807, 2.05) is 24.3 Å². The van der Waals surface area contributed by atoms with E-state index in [1.165, 1.54) is 12.1 Å². The average molecular weight is 264 g/mol. The quantitative estimate of drug-likeness (QED) is 0.848. The summed E-state index contributed by atoms with van der Waals surface area (Å²) < 4.78 is 30.1. The summed E-state index contributed by atoms with van der Waals surface area (Å²) >= 11 is 0. The molecule has 2 rings (SSSR count). The van der Waals surface area contributed by atoms with Gasteiger partial charge in [0.1, 0.15) is 11.6 Å². The van der Waals surface area contributed by atoms with E-state index in [-0.39, 0.29) is 5.82 Å². The maximum absolute atomic E-state index is 13.0. The molecule has 0 spiro atoms. The molecule has 0 aliphatic rings. The molecule has 0 amide bonds. The van der Waals surface area contributed by atoms with Gasteiger partial charge in [-0.15, -0.1) is 0 Å². The number of hydrogen-bond acceptors (Lipinski definition) is 2. The Labute approximate surface area is 108 Å². The molecule has 0 bridgehead atoms. The van der Waals surface area contributed by atoms with Crippen molar-refractivity contribution in [1.29, 1.82) is 0 Å². The molecule has 2 nitrogen and oxygen atoms in total. The third-order valence-corrected chi connectivity index (χ3v) is 3.89. The lowest BCUT2D eigenvalue weighted by atomic mass is 10.2. The first kappa shape index (κ1) is 12.8. The van der Waals surface area contributed by atoms with Crippen molar-refractivity contribution in [2.75, 3.05) is 7.11 Å². The van der Waals surface area contributed by atoms with Crippen molar-refractivity contribution in [1.82, 2.24) is 0 Å². The number of hydrogen-bond donors (Lipinski definition) is 0. The molecule has 18 heavy (non-hydrogen) atoms. The van der Waals surface area contributed by atoms with Crippen LogP contribution in [0.5, 0.6) is 5.75 Å². The largest absolute Gasteiger partial charge is 0.497 e. The third kappa shape index (κ3) is 3.17. The minimum atomic E-state index is -1.23. The van der Waals surface area contributed by atoms with Crippen LogP contribution in [-0.2, 0) is 16.6 Å². The van der Waals surface area contributed by atoms with E-state index in [1.54, 1.807) is 19.2 Å². The van der Waals surface area contributed by atoms with Crippen LogP contribution < -0.4 is 4.74 Å². The lowest BCUT2D eigenvalue weighted by Gasteiger charge is -2.04. The maximum atomic E-state index is 13.0. The van der Waals surface area contributed by atoms with Gasteiger partial charge in [-0.05, 0) is 35.9 Å². The first-order valence-electron chi connectivity index (χ1n) is 5.46. The standard InChI is InChI=1S/C14H13FO2S/c1-17-13-7-5-11(6-8-13)10-18(16)14-4-2-3-12(15)9-14/h2-9H,10H2,1H3. The zero-order valence-electron chi connectivity index (χ0n) is 9.93. The van der Waals surface area contributed by atoms with Crippen LogP contribution in [0.1, 0.15) is 5.56 Å². The molecule has 94 valence electrons. The molecule has 0 radical (unpaired) electrons. The molecule has 0 saturated heterocycles. The van der Waals surface area contributed by atoms with Gasteiger partial charge in [-0.25, -0.2) is 4.39 Å². The average Bonchev–Trinajstić information content (AvgIpc) is 2.39. The van der Waals surface area contributed by atoms with E-state index in [2.05, 4.69) is 0 Å². The number of ether oxygens (including phenoxy) is 1. The van der Waals surface area contributed by atoms with E-state index in [4.69, 9.17) is 4.74 Å². The summed E-state index contributed by atoms with van der Waals surface area (Å²) in [5.41, 5.74) is 0.929. The van der Waals surface area contributed by atoms with Crippen molar-refractivity contribution in [2.24, 2.45) is 0 Å². The molecule has 0 N–H and O–H groups in total. The van der Waals surface area contributed by atoms with Gasteiger partial charge in [-0.2, -0.15) is 0 Å². The summed E-state index contributed by atoms with van der Waals surface area (Å²) in [7, 11) is 0.363. The fourth-order valence-electron chi connectivity index (χ4n) is 1.57. The second-order valence-electron chi connectivity index (χ2n) is 3.80. The molecule has 4 heteroatoms. The van der Waals surface area contributed by atoms with Gasteiger partial charge in [-0.1, -0.05) is 18.2 Å². The van der Waals surface area contributed by atoms with E-state index >= 15 is 0 Å². The molecule has 0 heterocycles. The maximum Gasteiger partial charge on any atom is 0.124 e. The van der Waals surface area contributed by atoms with Crippen LogP contribution in [0.3, 0.4) is 0 Å². The van der Waals surface area contributed by atoms with Gasteiger partial charge < -0.3 is 4.74 Å². The zero-order valence-corrected chi connectivity index (χ0v) is 10.7. The fraction of sp³-hybridized carbons (Fsp3) is 0.143. The summed E-state index contributed by atoms with van der Waals surface area (Å²) in [5.74, 6) is 0.763. The first-order chi connectivity index (χ1) is 8.69. The molecule has 2 aromatic rings. The van der Waals surface area contributed by atoms with Gasteiger partial charge >= 0.3 is 0 Å². The van der Waals surface area contributed by atoms with Gasteiger partial charge in [0.2, 0.25) is 0 Å². The smallest absolute Gasteiger partial charge is 0.124 e. The second-order valence-corrected chi connectivity index (χ2v) is 5.25. The Kier molecular flexibility index (Phi) is 4.10. The highest BCUT2D eigenvalue weighted by Gasteiger charge is 2.06. The second kappa shape index (κ2) is 5.78. The van der Waals surface area contributed by atoms with Crippen molar-refractivity contribution < 1.29 is 13.3 Å². The summed E-state index contributed by atoms with van der Waals surface area (Å²) in [4.78, 5) is 0.505. The molecule has 0 aliphatic carbocycles. The molecular weight excluding hydrogens is 251 g/mol. The van der Waals surface area contributed by atoms with Crippen molar-refractivity contribution >= 4 is 10.8 Å². The SMILES string of the molecule is COc1ccc(CS(=O)c2cccc(F)c2)cc1. The van der Waals surface area contributed by atoms with Gasteiger partial charge in [0, 0.05) is 4.90 Å². The minimum Gasteiger partial charge on any atom is -0.497 e. The van der Waals surface area contributed by atoms with E-state index in [9.17, 15) is 8.60 Å². The highest BCUT2D eigenvalue weighted by atomic mass is 32.2. The molecular formula is C14H13FO2S. The molecule has 0 aliphatic heterocycles. The van der Waals surface area contributed by atoms with Crippen LogP contribution in [0, 0.1) is 5.82 Å². The third-order valence-electron chi connectivity index (χ3n) is 2.52. The fourth-order valence-corrected chi connectivity index (χ4v) is 2.70. The normalized spacial score (nSPS) is 12.1. The molecule has 0 saturated carbocycles. The van der Waals surface area contributed by atoms with Crippen LogP contribution in [0.4, 0.5) is 4.39 Å². The number of halogens is 1. The molecule has 0 aromatic heterocycles. The Hall–Kier alpha value is -1.68. The van der Waals surface area contributed by atoms with Crippen LogP contribution >= 0.6 is 0 Å². The van der Waals surface area contributed by atoms with Crippen LogP contribution in [0.2, 0.25) is 0 Å². The lowest BCUT2D eigenvalue weighted by Crippen LogP contribution is -1.97. The Morgan fingerprint density at radius 1 is 1.17 bits per heavy atom. The zero-order chi connectivity index (χ0) is 13.0. The van der Waals surface area contributed by atoms with Gasteiger partial charge in [0.25, 0.3) is 0 Å². The molecule has 0 fully saturated rings. The summed E-state index contributed by atoms with van der Waals surface area (Å²) in [6.07, 6.45) is 0. The Morgan fingerprint density at radius 2 is 1.89 bits per heavy atom. The first-order valence-corrected chi connectivity index (χ1v) is 6.78. The van der Waals surface area contributed by atoms with Crippen LogP contribution in [-0.4, -0.2) is 11.3 Å². The molecule has 2 aromatic carbocycles. The van der Waals surface area contributed by atoms with E-state index in [0.29, 0.717) is 10.6 Å². The van der Waals surface area contributed by atoms with Crippen molar-refractivity contribution in [2.45, 2.75) is 10.6 Å². The van der Waals surface area contributed by atoms with Crippen LogP contribution in [0.15, 0.2) is 53.4 Å². The van der Waals surface area contributed by atoms with Crippen molar-refractivity contribution in [3.05, 3.63) is 59.9 Å². The van der Waals surface area contributed by atoms with Crippen molar-refractivity contribution in [3.8, 4) is 5.75 Å². The topological polar surface area (TPSA) is 26.3 Å². The Balaban J connectivity index is 2.11. The Morgan fingerprint density at radius 3 is 2.50 bits per heavy atom. The highest BCUT2D eigenvalue weighted by Crippen LogP contribution is 2.16. The van der Waals surface area contributed by atoms with E-state index < -0.39 is 10.8 Å². The van der Waals surface area contributed by atoms with E-state index in [0.717, 1.165) is 11.3 Å². The molecule has 1 atom stereocenters. The van der Waals surface area contributed by atoms with Gasteiger partial charge in [0.05, 0.1) is 23.7 Å². The van der Waals surface area contributed by atoms with Gasteiger partial charge in [0.15, 0.2) is 0 Å². The Bertz CT molecular complexity index is 552. The van der Waals surface area contributed by atoms with Gasteiger partial charge in [-0.3, -0.25) is 4.21 Å². The predicted molar refractivity (Wildman–Crippen MR) is 69.5 cm³/mol. The number of methoxy groups -OCH3 is 1. The molecule has 1 unspecified atom stereocenters. The summed E-state index contributed by atoms with van der Waals surface area (Å²) in [6, 6.07) is 13.2. The van der Waals surface area contributed by atoms with Crippen molar-refractivity contribution in [3.63, 3.8) is 0 Å². The number of benzene rings is 2. The predicted octanol–water partition coefficient (Wildman–Crippen LogP) is 3.14. The lowest BCUT2D eigenvalue weighted by molar-refractivity contribution is 0.414. The minimum absolute atomic E-state index is 0.365. The highest BCUT2D eigenvalue weighted by molar-refractivity contribution is 7.84. The monoisotopic (exact) mass is 264 g/mol.